The van der Waals surface area contributed by atoms with Crippen LogP contribution in [0.5, 0.6) is 0 Å². The second-order valence-corrected chi connectivity index (χ2v) is 25.1. The van der Waals surface area contributed by atoms with Crippen molar-refractivity contribution in [2.45, 2.75) is 0 Å². The van der Waals surface area contributed by atoms with Gasteiger partial charge in [-0.2, -0.15) is 0 Å². The monoisotopic (exact) mass is 1120 g/mol. The molecule has 2 heterocycles. The maximum Gasteiger partial charge on any atom is 0.0433 e. The topological polar surface area (TPSA) is 0 Å². The predicted molar refractivity (Wildman–Crippen MR) is 375 cm³/mol. The number of hydrogen-bond acceptors (Lipinski definition) is 2. The van der Waals surface area contributed by atoms with E-state index in [0.717, 1.165) is 0 Å². The van der Waals surface area contributed by atoms with Gasteiger partial charge in [-0.25, -0.2) is 0 Å². The Hall–Kier alpha value is -10.5. The smallest absolute Gasteiger partial charge is 0.0433 e. The van der Waals surface area contributed by atoms with Crippen molar-refractivity contribution in [3.8, 4) is 77.9 Å². The molecule has 0 radical (unpaired) electrons. The van der Waals surface area contributed by atoms with Gasteiger partial charge in [-0.15, -0.1) is 22.7 Å². The average Bonchev–Trinajstić information content (AvgIpc) is 2.08. The SMILES string of the molecule is c1cc(-c2ccc3ccccc3c2)cc(-c2c3ccccc3c(-c3ccc4sc5c(-c6ccc7cc(-c8ccc(-c9c%10ccccc%10c(-c%10ccc%11sc%12ccccc%12c%11c%10)c%10ccccc9%10)cc8)ccc7c6)cccc5c4c3)c3ccccc23)c1. The Morgan fingerprint density at radius 3 is 1.10 bits per heavy atom. The summed E-state index contributed by atoms with van der Waals surface area (Å²) in [6.07, 6.45) is 0. The molecule has 0 fully saturated rings. The Labute approximate surface area is 505 Å². The molecular weight excluding hydrogens is 1070 g/mol. The number of rotatable bonds is 7. The molecule has 0 saturated carbocycles. The summed E-state index contributed by atoms with van der Waals surface area (Å²) in [6.45, 7) is 0. The van der Waals surface area contributed by atoms with E-state index in [-0.39, 0.29) is 0 Å². The van der Waals surface area contributed by atoms with Gasteiger partial charge in [-0.05, 0) is 197 Å². The van der Waals surface area contributed by atoms with Gasteiger partial charge >= 0.3 is 0 Å². The van der Waals surface area contributed by atoms with Gasteiger partial charge in [0.25, 0.3) is 0 Å². The van der Waals surface area contributed by atoms with E-state index in [2.05, 4.69) is 303 Å². The Balaban J connectivity index is 0.677. The lowest BCUT2D eigenvalue weighted by atomic mass is 9.85. The normalized spacial score (nSPS) is 12.0. The summed E-state index contributed by atoms with van der Waals surface area (Å²) in [4.78, 5) is 0. The second-order valence-electron chi connectivity index (χ2n) is 23.0. The van der Waals surface area contributed by atoms with Crippen LogP contribution >= 0.6 is 22.7 Å². The van der Waals surface area contributed by atoms with Gasteiger partial charge in [0.2, 0.25) is 0 Å². The Morgan fingerprint density at radius 1 is 0.163 bits per heavy atom. The van der Waals surface area contributed by atoms with Crippen LogP contribution in [0.4, 0.5) is 0 Å². The largest absolute Gasteiger partial charge is 0.135 e. The van der Waals surface area contributed by atoms with Crippen LogP contribution in [0.3, 0.4) is 0 Å². The van der Waals surface area contributed by atoms with Crippen LogP contribution < -0.4 is 0 Å². The zero-order valence-electron chi connectivity index (χ0n) is 46.7. The van der Waals surface area contributed by atoms with Crippen molar-refractivity contribution in [3.63, 3.8) is 0 Å². The van der Waals surface area contributed by atoms with Gasteiger partial charge in [0.15, 0.2) is 0 Å². The van der Waals surface area contributed by atoms with Gasteiger partial charge in [-0.1, -0.05) is 249 Å². The van der Waals surface area contributed by atoms with Crippen LogP contribution in [-0.2, 0) is 0 Å². The molecule has 0 aliphatic carbocycles. The number of hydrogen-bond donors (Lipinski definition) is 0. The molecule has 18 rings (SSSR count). The molecule has 398 valence electrons. The fourth-order valence-corrected chi connectivity index (χ4v) is 16.5. The summed E-state index contributed by atoms with van der Waals surface area (Å²) in [5.74, 6) is 0. The Morgan fingerprint density at radius 2 is 0.512 bits per heavy atom. The molecular formula is C84H50S2. The third-order valence-electron chi connectivity index (χ3n) is 18.2. The van der Waals surface area contributed by atoms with Crippen molar-refractivity contribution in [2.75, 3.05) is 0 Å². The van der Waals surface area contributed by atoms with E-state index in [1.54, 1.807) is 0 Å². The molecule has 0 amide bonds. The minimum atomic E-state index is 1.20. The average molecular weight is 1120 g/mol. The molecule has 0 bridgehead atoms. The molecule has 2 aromatic heterocycles. The van der Waals surface area contributed by atoms with Crippen LogP contribution in [0, 0.1) is 0 Å². The molecule has 0 aliphatic rings. The zero-order chi connectivity index (χ0) is 56.4. The highest BCUT2D eigenvalue weighted by Crippen LogP contribution is 2.49. The summed E-state index contributed by atoms with van der Waals surface area (Å²) in [6, 6.07) is 114. The zero-order valence-corrected chi connectivity index (χ0v) is 48.3. The van der Waals surface area contributed by atoms with Crippen LogP contribution in [0.1, 0.15) is 0 Å². The first-order valence-corrected chi connectivity index (χ1v) is 31.2. The van der Waals surface area contributed by atoms with E-state index < -0.39 is 0 Å². The number of fused-ring (bicyclic) bond motifs is 12. The summed E-state index contributed by atoms with van der Waals surface area (Å²) in [5.41, 5.74) is 17.4. The van der Waals surface area contributed by atoms with E-state index in [9.17, 15) is 0 Å². The van der Waals surface area contributed by atoms with Crippen LogP contribution in [-0.4, -0.2) is 0 Å². The van der Waals surface area contributed by atoms with Crippen molar-refractivity contribution in [2.24, 2.45) is 0 Å². The van der Waals surface area contributed by atoms with Crippen LogP contribution in [0.2, 0.25) is 0 Å². The van der Waals surface area contributed by atoms with Crippen LogP contribution in [0.15, 0.2) is 303 Å². The van der Waals surface area contributed by atoms with Crippen molar-refractivity contribution < 1.29 is 0 Å². The van der Waals surface area contributed by atoms with E-state index in [1.165, 1.54) is 183 Å². The summed E-state index contributed by atoms with van der Waals surface area (Å²) >= 11 is 3.77. The second kappa shape index (κ2) is 19.6. The lowest BCUT2D eigenvalue weighted by Crippen LogP contribution is -1.91. The molecule has 0 unspecified atom stereocenters. The molecule has 2 heteroatoms. The number of benzene rings is 16. The fourth-order valence-electron chi connectivity index (χ4n) is 14.2. The fraction of sp³-hybridized carbons (Fsp3) is 0. The third-order valence-corrected chi connectivity index (χ3v) is 20.6. The summed E-state index contributed by atoms with van der Waals surface area (Å²) in [5, 5.41) is 20.3. The summed E-state index contributed by atoms with van der Waals surface area (Å²) < 4.78 is 5.26. The molecule has 86 heavy (non-hydrogen) atoms. The van der Waals surface area contributed by atoms with Gasteiger partial charge in [0, 0.05) is 40.3 Å². The van der Waals surface area contributed by atoms with Gasteiger partial charge < -0.3 is 0 Å². The van der Waals surface area contributed by atoms with E-state index in [1.807, 2.05) is 22.7 Å². The molecule has 18 aromatic rings. The quantitative estimate of drug-likeness (QED) is 0.140. The molecule has 16 aromatic carbocycles. The van der Waals surface area contributed by atoms with E-state index in [4.69, 9.17) is 0 Å². The molecule has 0 saturated heterocycles. The first kappa shape index (κ1) is 49.0. The highest BCUT2D eigenvalue weighted by Gasteiger charge is 2.21. The molecule has 0 atom stereocenters. The first-order chi connectivity index (χ1) is 42.6. The van der Waals surface area contributed by atoms with Crippen molar-refractivity contribution >= 4 is 128 Å². The van der Waals surface area contributed by atoms with E-state index >= 15 is 0 Å². The maximum atomic E-state index is 2.45. The van der Waals surface area contributed by atoms with Crippen molar-refractivity contribution in [1.82, 2.24) is 0 Å². The lowest BCUT2D eigenvalue weighted by molar-refractivity contribution is 1.63. The minimum Gasteiger partial charge on any atom is -0.135 e. The minimum absolute atomic E-state index is 1.20. The third kappa shape index (κ3) is 7.81. The van der Waals surface area contributed by atoms with Crippen molar-refractivity contribution in [1.29, 1.82) is 0 Å². The molecule has 0 N–H and O–H groups in total. The standard InChI is InChI=1S/C84H50S2/c1-2-16-54-45-57(36-33-51(54)15-1)55-17-13-18-61(48-55)81-70-24-7-9-26-72(70)83(73-27-10-8-25-71(73)81)63-42-44-79-76(50-63)74-29-14-28-64(84(74)86-79)60-40-39-58-46-56(37-38-59(58)47-60)52-31-34-53(35-32-52)80-66-20-3-5-22-68(66)82(69-23-6-4-21-67(69)80)62-41-43-78-75(49-62)65-19-11-12-30-77(65)85-78/h1-50H. The first-order valence-electron chi connectivity index (χ1n) is 29.6. The highest BCUT2D eigenvalue weighted by atomic mass is 32.1. The van der Waals surface area contributed by atoms with Gasteiger partial charge in [-0.3, -0.25) is 0 Å². The molecule has 0 spiro atoms. The lowest BCUT2D eigenvalue weighted by Gasteiger charge is -2.18. The Bertz CT molecular complexity index is 5720. The van der Waals surface area contributed by atoms with Crippen LogP contribution in [0.25, 0.3) is 183 Å². The molecule has 0 aliphatic heterocycles. The summed E-state index contributed by atoms with van der Waals surface area (Å²) in [7, 11) is 0. The van der Waals surface area contributed by atoms with Crippen molar-refractivity contribution in [3.05, 3.63) is 303 Å². The maximum absolute atomic E-state index is 2.45. The molecule has 0 nitrogen and oxygen atoms in total. The van der Waals surface area contributed by atoms with Gasteiger partial charge in [0.05, 0.1) is 0 Å². The number of thiophene rings is 2. The van der Waals surface area contributed by atoms with Gasteiger partial charge in [0.1, 0.15) is 0 Å². The highest BCUT2D eigenvalue weighted by molar-refractivity contribution is 7.26. The van der Waals surface area contributed by atoms with E-state index in [0.29, 0.717) is 0 Å². The Kier molecular flexibility index (Phi) is 11.1. The predicted octanol–water partition coefficient (Wildman–Crippen LogP) is 25.0.